The monoisotopic (exact) mass is 553 g/mol. The molecule has 1 aromatic carbocycles. The van der Waals surface area contributed by atoms with Gasteiger partial charge in [0.2, 0.25) is 0 Å². The summed E-state index contributed by atoms with van der Waals surface area (Å²) in [5.41, 5.74) is 0. The van der Waals surface area contributed by atoms with E-state index < -0.39 is 15.9 Å². The zero-order valence-electron chi connectivity index (χ0n) is 16.5. The number of hydrogen-bond donors (Lipinski definition) is 2. The third-order valence-electron chi connectivity index (χ3n) is 3.80. The van der Waals surface area contributed by atoms with Gasteiger partial charge in [-0.25, -0.2) is 8.42 Å². The first-order chi connectivity index (χ1) is 13.4. The molecule has 0 saturated heterocycles. The van der Waals surface area contributed by atoms with E-state index in [0.29, 0.717) is 25.7 Å². The minimum atomic E-state index is -3.50. The van der Waals surface area contributed by atoms with Gasteiger partial charge in [0.1, 0.15) is 16.6 Å². The van der Waals surface area contributed by atoms with Crippen molar-refractivity contribution in [1.29, 1.82) is 0 Å². The van der Waals surface area contributed by atoms with Crippen molar-refractivity contribution in [2.24, 2.45) is 4.99 Å². The second-order valence-electron chi connectivity index (χ2n) is 6.15. The largest absolute Gasteiger partial charge is 0.492 e. The highest BCUT2D eigenvalue weighted by Gasteiger charge is 2.20. The van der Waals surface area contributed by atoms with Crippen LogP contribution in [0.5, 0.6) is 5.75 Å². The number of aliphatic hydroxyl groups excluding tert-OH is 1. The van der Waals surface area contributed by atoms with Crippen LogP contribution in [-0.2, 0) is 9.84 Å². The summed E-state index contributed by atoms with van der Waals surface area (Å²) >= 11 is 1.15. The number of para-hydroxylation sites is 1. The molecule has 29 heavy (non-hydrogen) atoms. The molecule has 0 aliphatic rings. The Labute approximate surface area is 193 Å². The lowest BCUT2D eigenvalue weighted by atomic mass is 10.3. The van der Waals surface area contributed by atoms with Crippen molar-refractivity contribution < 1.29 is 18.3 Å². The number of thiophene rings is 1. The third kappa shape index (κ3) is 8.89. The molecule has 0 radical (unpaired) electrons. The molecule has 1 unspecified atom stereocenters. The first-order valence-corrected chi connectivity index (χ1v) is 11.6. The van der Waals surface area contributed by atoms with E-state index in [-0.39, 0.29) is 40.5 Å². The molecule has 0 aliphatic carbocycles. The molecule has 0 saturated carbocycles. The second-order valence-corrected chi connectivity index (χ2v) is 9.35. The van der Waals surface area contributed by atoms with Crippen LogP contribution in [0, 0.1) is 0 Å². The van der Waals surface area contributed by atoms with Crippen molar-refractivity contribution >= 4 is 51.1 Å². The van der Waals surface area contributed by atoms with Crippen LogP contribution in [0.1, 0.15) is 6.92 Å². The maximum absolute atomic E-state index is 12.2. The number of aliphatic hydroxyl groups is 1. The lowest BCUT2D eigenvalue weighted by Gasteiger charge is -2.22. The minimum Gasteiger partial charge on any atom is -0.492 e. The number of hydrogen-bond acceptors (Lipinski definition) is 6. The fraction of sp³-hybridized carbons (Fsp3) is 0.421. The van der Waals surface area contributed by atoms with Crippen LogP contribution in [0.3, 0.4) is 0 Å². The molecular weight excluding hydrogens is 525 g/mol. The number of halogens is 1. The van der Waals surface area contributed by atoms with Crippen molar-refractivity contribution in [3.63, 3.8) is 0 Å². The summed E-state index contributed by atoms with van der Waals surface area (Å²) in [6.45, 7) is 3.66. The SMILES string of the molecule is CCNC(=NCC(O)CS(=O)(=O)c1cccs1)N(C)CCOc1ccccc1.I. The minimum absolute atomic E-state index is 0. The number of aliphatic imine (C=N–C) groups is 1. The van der Waals surface area contributed by atoms with Gasteiger partial charge in [0.05, 0.1) is 24.9 Å². The van der Waals surface area contributed by atoms with Gasteiger partial charge >= 0.3 is 0 Å². The van der Waals surface area contributed by atoms with Gasteiger partial charge in [-0.1, -0.05) is 24.3 Å². The Morgan fingerprint density at radius 2 is 2.00 bits per heavy atom. The Hall–Kier alpha value is -1.37. The molecule has 1 atom stereocenters. The van der Waals surface area contributed by atoms with Gasteiger partial charge in [0, 0.05) is 13.6 Å². The Kier molecular flexibility index (Phi) is 11.5. The third-order valence-corrected chi connectivity index (χ3v) is 7.09. The van der Waals surface area contributed by atoms with Gasteiger partial charge in [-0.2, -0.15) is 0 Å². The Morgan fingerprint density at radius 1 is 1.28 bits per heavy atom. The molecule has 0 spiro atoms. The zero-order chi connectivity index (χ0) is 20.4. The van der Waals surface area contributed by atoms with E-state index >= 15 is 0 Å². The number of likely N-dealkylation sites (N-methyl/N-ethyl adjacent to an activating group) is 1. The molecule has 2 aromatic rings. The van der Waals surface area contributed by atoms with Crippen LogP contribution in [0.2, 0.25) is 0 Å². The van der Waals surface area contributed by atoms with E-state index in [0.717, 1.165) is 17.1 Å². The summed E-state index contributed by atoms with van der Waals surface area (Å²) in [5.74, 6) is 1.04. The summed E-state index contributed by atoms with van der Waals surface area (Å²) in [6, 6.07) is 12.8. The molecule has 0 fully saturated rings. The predicted octanol–water partition coefficient (Wildman–Crippen LogP) is 2.48. The molecule has 1 heterocycles. The summed E-state index contributed by atoms with van der Waals surface area (Å²) in [4.78, 5) is 6.25. The van der Waals surface area contributed by atoms with E-state index in [1.54, 1.807) is 17.5 Å². The number of nitrogens with zero attached hydrogens (tertiary/aromatic N) is 2. The quantitative estimate of drug-likeness (QED) is 0.267. The molecule has 0 amide bonds. The highest BCUT2D eigenvalue weighted by Crippen LogP contribution is 2.18. The molecule has 162 valence electrons. The molecule has 0 bridgehead atoms. The van der Waals surface area contributed by atoms with E-state index in [2.05, 4.69) is 10.3 Å². The van der Waals surface area contributed by atoms with Gasteiger partial charge in [-0.15, -0.1) is 35.3 Å². The molecule has 7 nitrogen and oxygen atoms in total. The molecule has 0 aliphatic heterocycles. The average Bonchev–Trinajstić information content (AvgIpc) is 3.21. The number of nitrogens with one attached hydrogen (secondary N) is 1. The van der Waals surface area contributed by atoms with E-state index in [1.807, 2.05) is 49.2 Å². The number of rotatable bonds is 10. The summed E-state index contributed by atoms with van der Waals surface area (Å²) < 4.78 is 30.4. The maximum Gasteiger partial charge on any atom is 0.193 e. The van der Waals surface area contributed by atoms with Crippen LogP contribution >= 0.6 is 35.3 Å². The molecular formula is C19H28IN3O4S2. The zero-order valence-corrected chi connectivity index (χ0v) is 20.5. The Bertz CT molecular complexity index is 830. The Morgan fingerprint density at radius 3 is 2.62 bits per heavy atom. The molecule has 2 rings (SSSR count). The highest BCUT2D eigenvalue weighted by molar-refractivity contribution is 14.0. The first-order valence-electron chi connectivity index (χ1n) is 9.04. The van der Waals surface area contributed by atoms with Crippen LogP contribution < -0.4 is 10.1 Å². The van der Waals surface area contributed by atoms with Crippen molar-refractivity contribution in [2.45, 2.75) is 17.2 Å². The Balaban J connectivity index is 0.00000420. The smallest absolute Gasteiger partial charge is 0.193 e. The number of benzene rings is 1. The molecule has 2 N–H and O–H groups in total. The van der Waals surface area contributed by atoms with E-state index in [9.17, 15) is 13.5 Å². The van der Waals surface area contributed by atoms with Crippen molar-refractivity contribution in [3.8, 4) is 5.75 Å². The maximum atomic E-state index is 12.2. The van der Waals surface area contributed by atoms with Gasteiger partial charge in [0.15, 0.2) is 15.8 Å². The normalized spacial score (nSPS) is 12.7. The van der Waals surface area contributed by atoms with E-state index in [1.165, 1.54) is 0 Å². The number of sulfone groups is 1. The predicted molar refractivity (Wildman–Crippen MR) is 128 cm³/mol. The van der Waals surface area contributed by atoms with Crippen LogP contribution in [-0.4, -0.2) is 69.5 Å². The van der Waals surface area contributed by atoms with Crippen molar-refractivity contribution in [1.82, 2.24) is 10.2 Å². The van der Waals surface area contributed by atoms with Gasteiger partial charge in [-0.05, 0) is 30.5 Å². The number of guanidine groups is 1. The summed E-state index contributed by atoms with van der Waals surface area (Å²) in [6.07, 6.45) is -1.07. The average molecular weight is 553 g/mol. The van der Waals surface area contributed by atoms with Crippen LogP contribution in [0.4, 0.5) is 0 Å². The summed E-state index contributed by atoms with van der Waals surface area (Å²) in [7, 11) is -1.63. The van der Waals surface area contributed by atoms with Crippen molar-refractivity contribution in [2.75, 3.05) is 39.0 Å². The lowest BCUT2D eigenvalue weighted by molar-refractivity contribution is 0.205. The highest BCUT2D eigenvalue weighted by atomic mass is 127. The summed E-state index contributed by atoms with van der Waals surface area (Å²) in [5, 5.41) is 15.0. The standard InChI is InChI=1S/C19H27N3O4S2.HI/c1-3-20-19(22(2)11-12-26-17-8-5-4-6-9-17)21-14-16(23)15-28(24,25)18-10-7-13-27-18;/h4-10,13,16,23H,3,11-12,14-15H2,1-2H3,(H,20,21);1H. The van der Waals surface area contributed by atoms with E-state index in [4.69, 9.17) is 4.74 Å². The molecule has 10 heteroatoms. The van der Waals surface area contributed by atoms with Gasteiger partial charge in [0.25, 0.3) is 0 Å². The topological polar surface area (TPSA) is 91.2 Å². The van der Waals surface area contributed by atoms with Gasteiger partial charge in [-0.3, -0.25) is 4.99 Å². The fourth-order valence-electron chi connectivity index (χ4n) is 2.41. The second kappa shape index (κ2) is 13.0. The van der Waals surface area contributed by atoms with Crippen molar-refractivity contribution in [3.05, 3.63) is 47.8 Å². The van der Waals surface area contributed by atoms with Crippen LogP contribution in [0.25, 0.3) is 0 Å². The molecule has 1 aromatic heterocycles. The lowest BCUT2D eigenvalue weighted by Crippen LogP contribution is -2.41. The first kappa shape index (κ1) is 25.7. The van der Waals surface area contributed by atoms with Gasteiger partial charge < -0.3 is 20.1 Å². The fourth-order valence-corrected chi connectivity index (χ4v) is 4.88. The number of ether oxygens (including phenoxy) is 1. The van der Waals surface area contributed by atoms with Crippen LogP contribution in [0.15, 0.2) is 57.0 Å².